The molecule has 0 saturated carbocycles. The van der Waals surface area contributed by atoms with Crippen LogP contribution in [0.15, 0.2) is 0 Å². The molecule has 0 aromatic heterocycles. The van der Waals surface area contributed by atoms with Crippen molar-refractivity contribution < 1.29 is 15.3 Å². The van der Waals surface area contributed by atoms with E-state index in [0.29, 0.717) is 13.1 Å². The van der Waals surface area contributed by atoms with Crippen molar-refractivity contribution in [3.63, 3.8) is 0 Å². The van der Waals surface area contributed by atoms with E-state index in [0.717, 1.165) is 0 Å². The Morgan fingerprint density at radius 1 is 1.09 bits per heavy atom. The highest BCUT2D eigenvalue weighted by Gasteiger charge is 2.12. The van der Waals surface area contributed by atoms with E-state index < -0.39 is 0 Å². The van der Waals surface area contributed by atoms with E-state index in [1.54, 1.807) is 4.90 Å². The molecule has 68 valence electrons. The zero-order chi connectivity index (χ0) is 8.69. The van der Waals surface area contributed by atoms with Crippen LogP contribution in [0.25, 0.3) is 0 Å². The van der Waals surface area contributed by atoms with Gasteiger partial charge in [-0.1, -0.05) is 15.9 Å². The van der Waals surface area contributed by atoms with E-state index in [1.807, 2.05) is 0 Å². The lowest BCUT2D eigenvalue weighted by Gasteiger charge is -2.24. The molecular formula is C6H14BrNO3. The first kappa shape index (κ1) is 11.3. The van der Waals surface area contributed by atoms with Crippen molar-refractivity contribution in [3.8, 4) is 0 Å². The molecule has 0 bridgehead atoms. The third-order valence-electron chi connectivity index (χ3n) is 1.32. The number of alkyl halides is 1. The first-order valence-electron chi connectivity index (χ1n) is 3.47. The number of rotatable bonds is 6. The maximum atomic E-state index is 8.71. The second-order valence-electron chi connectivity index (χ2n) is 2.10. The lowest BCUT2D eigenvalue weighted by molar-refractivity contribution is 0.125. The van der Waals surface area contributed by atoms with Crippen molar-refractivity contribution in [2.45, 2.75) is 4.95 Å². The van der Waals surface area contributed by atoms with Crippen LogP contribution in [-0.4, -0.2) is 58.1 Å². The molecule has 1 atom stereocenters. The molecule has 1 unspecified atom stereocenters. The average molecular weight is 228 g/mol. The molecule has 0 rings (SSSR count). The Balaban J connectivity index is 3.66. The monoisotopic (exact) mass is 227 g/mol. The van der Waals surface area contributed by atoms with Gasteiger partial charge in [0, 0.05) is 13.1 Å². The fraction of sp³-hybridized carbons (Fsp3) is 1.00. The fourth-order valence-corrected chi connectivity index (χ4v) is 1.17. The van der Waals surface area contributed by atoms with E-state index in [-0.39, 0.29) is 24.8 Å². The predicted molar refractivity (Wildman–Crippen MR) is 45.5 cm³/mol. The lowest BCUT2D eigenvalue weighted by atomic mass is 10.4. The molecule has 0 spiro atoms. The van der Waals surface area contributed by atoms with Crippen LogP contribution < -0.4 is 0 Å². The summed E-state index contributed by atoms with van der Waals surface area (Å²) < 4.78 is 0. The van der Waals surface area contributed by atoms with Gasteiger partial charge in [0.1, 0.15) is 0 Å². The van der Waals surface area contributed by atoms with Crippen LogP contribution >= 0.6 is 15.9 Å². The van der Waals surface area contributed by atoms with Crippen molar-refractivity contribution in [3.05, 3.63) is 0 Å². The maximum absolute atomic E-state index is 8.71. The van der Waals surface area contributed by atoms with Crippen molar-refractivity contribution in [1.82, 2.24) is 4.90 Å². The molecule has 5 heteroatoms. The van der Waals surface area contributed by atoms with E-state index in [4.69, 9.17) is 15.3 Å². The van der Waals surface area contributed by atoms with Crippen LogP contribution in [0.5, 0.6) is 0 Å². The van der Waals surface area contributed by atoms with Crippen molar-refractivity contribution in [2.75, 3.05) is 32.9 Å². The summed E-state index contributed by atoms with van der Waals surface area (Å²) in [6.07, 6.45) is 0. The molecule has 0 aliphatic rings. The third kappa shape index (κ3) is 4.71. The molecule has 0 amide bonds. The Bertz CT molecular complexity index is 87.9. The molecule has 4 nitrogen and oxygen atoms in total. The van der Waals surface area contributed by atoms with Gasteiger partial charge in [0.2, 0.25) is 0 Å². The van der Waals surface area contributed by atoms with Crippen LogP contribution in [-0.2, 0) is 0 Å². The molecular weight excluding hydrogens is 214 g/mol. The number of hydrogen-bond donors (Lipinski definition) is 3. The van der Waals surface area contributed by atoms with Gasteiger partial charge in [0.05, 0.1) is 24.8 Å². The first-order chi connectivity index (χ1) is 5.26. The first-order valence-corrected chi connectivity index (χ1v) is 4.38. The Kier molecular flexibility index (Phi) is 7.20. The van der Waals surface area contributed by atoms with Gasteiger partial charge in [-0.05, 0) is 0 Å². The summed E-state index contributed by atoms with van der Waals surface area (Å²) >= 11 is 3.20. The number of aliphatic hydroxyl groups is 3. The minimum absolute atomic E-state index is 0.0278. The Morgan fingerprint density at radius 3 is 1.82 bits per heavy atom. The van der Waals surface area contributed by atoms with E-state index in [1.165, 1.54) is 0 Å². The topological polar surface area (TPSA) is 63.9 Å². The second kappa shape index (κ2) is 7.00. The molecule has 0 aromatic rings. The molecule has 0 fully saturated rings. The zero-order valence-corrected chi connectivity index (χ0v) is 7.87. The van der Waals surface area contributed by atoms with Gasteiger partial charge in [-0.2, -0.15) is 0 Å². The van der Waals surface area contributed by atoms with Gasteiger partial charge in [0.25, 0.3) is 0 Å². The van der Waals surface area contributed by atoms with Gasteiger partial charge in [0.15, 0.2) is 0 Å². The average Bonchev–Trinajstić information content (AvgIpc) is 2.03. The zero-order valence-electron chi connectivity index (χ0n) is 6.28. The normalized spacial score (nSPS) is 13.9. The summed E-state index contributed by atoms with van der Waals surface area (Å²) in [5.41, 5.74) is 0. The van der Waals surface area contributed by atoms with E-state index >= 15 is 0 Å². The van der Waals surface area contributed by atoms with Gasteiger partial charge in [-0.15, -0.1) is 0 Å². The standard InChI is InChI=1S/C6H14BrNO3/c7-6(5-11)8(1-3-9)2-4-10/h6,9-11H,1-5H2. The highest BCUT2D eigenvalue weighted by atomic mass is 79.9. The Labute approximate surface area is 74.6 Å². The molecule has 0 saturated heterocycles. The summed E-state index contributed by atoms with van der Waals surface area (Å²) in [5, 5.41) is 25.9. The van der Waals surface area contributed by atoms with Gasteiger partial charge in [-0.25, -0.2) is 0 Å². The van der Waals surface area contributed by atoms with Gasteiger partial charge < -0.3 is 15.3 Å². The number of aliphatic hydroxyl groups excluding tert-OH is 3. The Hall–Kier alpha value is 0.320. The highest BCUT2D eigenvalue weighted by molar-refractivity contribution is 9.09. The van der Waals surface area contributed by atoms with Crippen LogP contribution in [0, 0.1) is 0 Å². The second-order valence-corrected chi connectivity index (χ2v) is 3.16. The van der Waals surface area contributed by atoms with Crippen LogP contribution in [0.1, 0.15) is 0 Å². The fourth-order valence-electron chi connectivity index (χ4n) is 0.764. The lowest BCUT2D eigenvalue weighted by Crippen LogP contribution is -2.37. The van der Waals surface area contributed by atoms with Crippen LogP contribution in [0.2, 0.25) is 0 Å². The smallest absolute Gasteiger partial charge is 0.0891 e. The number of hydrogen-bond acceptors (Lipinski definition) is 4. The molecule has 0 aliphatic heterocycles. The van der Waals surface area contributed by atoms with Crippen molar-refractivity contribution >= 4 is 15.9 Å². The summed E-state index contributed by atoms with van der Waals surface area (Å²) in [7, 11) is 0. The van der Waals surface area contributed by atoms with Crippen LogP contribution in [0.4, 0.5) is 0 Å². The van der Waals surface area contributed by atoms with E-state index in [2.05, 4.69) is 15.9 Å². The van der Waals surface area contributed by atoms with Crippen molar-refractivity contribution in [2.24, 2.45) is 0 Å². The molecule has 0 aliphatic carbocycles. The molecule has 0 heterocycles. The molecule has 0 radical (unpaired) electrons. The molecule has 3 N–H and O–H groups in total. The SMILES string of the molecule is OCCN(CCO)C(Br)CO. The minimum atomic E-state index is -0.179. The largest absolute Gasteiger partial charge is 0.395 e. The molecule has 0 aromatic carbocycles. The summed E-state index contributed by atoms with van der Waals surface area (Å²) in [6, 6.07) is 0. The maximum Gasteiger partial charge on any atom is 0.0891 e. The highest BCUT2D eigenvalue weighted by Crippen LogP contribution is 2.04. The molecule has 11 heavy (non-hydrogen) atoms. The van der Waals surface area contributed by atoms with Gasteiger partial charge >= 0.3 is 0 Å². The summed E-state index contributed by atoms with van der Waals surface area (Å²) in [6.45, 7) is 0.943. The minimum Gasteiger partial charge on any atom is -0.395 e. The number of halogens is 1. The Morgan fingerprint density at radius 2 is 1.55 bits per heavy atom. The predicted octanol–water partition coefficient (Wildman–Crippen LogP) is -1.01. The van der Waals surface area contributed by atoms with Crippen LogP contribution in [0.3, 0.4) is 0 Å². The quantitative estimate of drug-likeness (QED) is 0.402. The van der Waals surface area contributed by atoms with Gasteiger partial charge in [-0.3, -0.25) is 4.90 Å². The van der Waals surface area contributed by atoms with Crippen molar-refractivity contribution in [1.29, 1.82) is 0 Å². The third-order valence-corrected chi connectivity index (χ3v) is 2.19. The summed E-state index contributed by atoms with van der Waals surface area (Å²) in [4.78, 5) is 1.57. The van der Waals surface area contributed by atoms with E-state index in [9.17, 15) is 0 Å². The number of nitrogens with zero attached hydrogens (tertiary/aromatic N) is 1. The summed E-state index contributed by atoms with van der Waals surface area (Å²) in [5.74, 6) is 0.